The standard InChI is InChI=1S/C14H15FN4O/c15-12-8-16-5-3-11(12)14-17-6-4-13(18-14)19-7-1-2-10(20)9-19/h3-6,8,10,20H,1-2,7,9H2/t10-/m0/s1. The summed E-state index contributed by atoms with van der Waals surface area (Å²) in [4.78, 5) is 14.2. The monoisotopic (exact) mass is 274 g/mol. The average molecular weight is 274 g/mol. The highest BCUT2D eigenvalue weighted by Gasteiger charge is 2.19. The minimum atomic E-state index is -0.441. The Morgan fingerprint density at radius 1 is 1.30 bits per heavy atom. The first-order chi connectivity index (χ1) is 9.74. The van der Waals surface area contributed by atoms with E-state index >= 15 is 0 Å². The lowest BCUT2D eigenvalue weighted by molar-refractivity contribution is 0.154. The third-order valence-corrected chi connectivity index (χ3v) is 3.37. The van der Waals surface area contributed by atoms with Crippen molar-refractivity contribution in [3.8, 4) is 11.4 Å². The molecule has 2 aromatic rings. The van der Waals surface area contributed by atoms with Crippen LogP contribution in [0, 0.1) is 5.82 Å². The van der Waals surface area contributed by atoms with Crippen LogP contribution in [0.15, 0.2) is 30.7 Å². The molecule has 1 N–H and O–H groups in total. The van der Waals surface area contributed by atoms with E-state index in [0.29, 0.717) is 23.8 Å². The summed E-state index contributed by atoms with van der Waals surface area (Å²) in [5.41, 5.74) is 0.333. The highest BCUT2D eigenvalue weighted by Crippen LogP contribution is 2.22. The number of anilines is 1. The van der Waals surface area contributed by atoms with E-state index < -0.39 is 5.82 Å². The molecule has 0 aliphatic carbocycles. The van der Waals surface area contributed by atoms with Crippen LogP contribution in [0.5, 0.6) is 0 Å². The zero-order valence-electron chi connectivity index (χ0n) is 10.9. The summed E-state index contributed by atoms with van der Waals surface area (Å²) < 4.78 is 13.7. The fraction of sp³-hybridized carbons (Fsp3) is 0.357. The van der Waals surface area contributed by atoms with Crippen molar-refractivity contribution < 1.29 is 9.50 Å². The van der Waals surface area contributed by atoms with Crippen molar-refractivity contribution in [3.63, 3.8) is 0 Å². The van der Waals surface area contributed by atoms with Crippen LogP contribution in [0.25, 0.3) is 11.4 Å². The van der Waals surface area contributed by atoms with Gasteiger partial charge >= 0.3 is 0 Å². The topological polar surface area (TPSA) is 62.1 Å². The first-order valence-corrected chi connectivity index (χ1v) is 6.60. The molecule has 6 heteroatoms. The van der Waals surface area contributed by atoms with E-state index in [9.17, 15) is 9.50 Å². The van der Waals surface area contributed by atoms with Crippen LogP contribution in [-0.2, 0) is 0 Å². The van der Waals surface area contributed by atoms with Crippen molar-refractivity contribution in [3.05, 3.63) is 36.5 Å². The van der Waals surface area contributed by atoms with Crippen LogP contribution in [0.1, 0.15) is 12.8 Å². The number of piperidine rings is 1. The highest BCUT2D eigenvalue weighted by atomic mass is 19.1. The Balaban J connectivity index is 1.92. The molecule has 20 heavy (non-hydrogen) atoms. The normalized spacial score (nSPS) is 19.1. The number of aromatic nitrogens is 3. The van der Waals surface area contributed by atoms with E-state index in [0.717, 1.165) is 25.6 Å². The minimum Gasteiger partial charge on any atom is -0.391 e. The van der Waals surface area contributed by atoms with E-state index in [-0.39, 0.29) is 6.10 Å². The molecule has 1 saturated heterocycles. The molecule has 5 nitrogen and oxygen atoms in total. The van der Waals surface area contributed by atoms with Crippen LogP contribution in [0.3, 0.4) is 0 Å². The molecule has 3 heterocycles. The van der Waals surface area contributed by atoms with E-state index in [2.05, 4.69) is 15.0 Å². The largest absolute Gasteiger partial charge is 0.391 e. The van der Waals surface area contributed by atoms with Crippen molar-refractivity contribution in [1.82, 2.24) is 15.0 Å². The summed E-state index contributed by atoms with van der Waals surface area (Å²) in [5.74, 6) is 0.607. The number of rotatable bonds is 2. The third-order valence-electron chi connectivity index (χ3n) is 3.37. The van der Waals surface area contributed by atoms with E-state index in [1.54, 1.807) is 18.3 Å². The molecule has 0 spiro atoms. The number of aliphatic hydroxyl groups excluding tert-OH is 1. The van der Waals surface area contributed by atoms with E-state index in [1.807, 2.05) is 4.90 Å². The smallest absolute Gasteiger partial charge is 0.164 e. The van der Waals surface area contributed by atoms with E-state index in [4.69, 9.17) is 0 Å². The Hall–Kier alpha value is -2.08. The average Bonchev–Trinajstić information content (AvgIpc) is 2.48. The lowest BCUT2D eigenvalue weighted by Gasteiger charge is -2.31. The molecule has 1 fully saturated rings. The van der Waals surface area contributed by atoms with Gasteiger partial charge in [0.15, 0.2) is 11.6 Å². The zero-order valence-corrected chi connectivity index (χ0v) is 10.9. The zero-order chi connectivity index (χ0) is 13.9. The SMILES string of the molecule is O[C@H]1CCCN(c2ccnc(-c3ccncc3F)n2)C1. The molecule has 2 aromatic heterocycles. The summed E-state index contributed by atoms with van der Waals surface area (Å²) in [7, 11) is 0. The van der Waals surface area contributed by atoms with Crippen LogP contribution >= 0.6 is 0 Å². The molecular weight excluding hydrogens is 259 g/mol. The van der Waals surface area contributed by atoms with Gasteiger partial charge < -0.3 is 10.0 Å². The second-order valence-corrected chi connectivity index (χ2v) is 4.84. The summed E-state index contributed by atoms with van der Waals surface area (Å²) in [6.07, 6.45) is 5.67. The Morgan fingerprint density at radius 3 is 3.00 bits per heavy atom. The van der Waals surface area contributed by atoms with Gasteiger partial charge in [0, 0.05) is 25.5 Å². The molecule has 0 amide bonds. The van der Waals surface area contributed by atoms with Gasteiger partial charge in [-0.1, -0.05) is 0 Å². The molecule has 3 rings (SSSR count). The molecule has 0 aromatic carbocycles. The molecule has 104 valence electrons. The van der Waals surface area contributed by atoms with Gasteiger partial charge in [-0.15, -0.1) is 0 Å². The maximum atomic E-state index is 13.7. The van der Waals surface area contributed by atoms with Crippen molar-refractivity contribution in [2.45, 2.75) is 18.9 Å². The van der Waals surface area contributed by atoms with Crippen molar-refractivity contribution in [1.29, 1.82) is 0 Å². The Labute approximate surface area is 116 Å². The minimum absolute atomic E-state index is 0.333. The van der Waals surface area contributed by atoms with Gasteiger partial charge in [-0.05, 0) is 25.0 Å². The van der Waals surface area contributed by atoms with Gasteiger partial charge in [-0.3, -0.25) is 4.98 Å². The van der Waals surface area contributed by atoms with Gasteiger partial charge in [-0.25, -0.2) is 14.4 Å². The lowest BCUT2D eigenvalue weighted by atomic mass is 10.1. The molecule has 0 radical (unpaired) electrons. The summed E-state index contributed by atoms with van der Waals surface area (Å²) in [5, 5.41) is 9.72. The Kier molecular flexibility index (Phi) is 3.56. The summed E-state index contributed by atoms with van der Waals surface area (Å²) in [6, 6.07) is 3.33. The van der Waals surface area contributed by atoms with Gasteiger partial charge in [0.1, 0.15) is 5.82 Å². The number of hydrogen-bond acceptors (Lipinski definition) is 5. The number of β-amino-alcohol motifs (C(OH)–C–C–N with tert-alkyl or cyclic N) is 1. The summed E-state index contributed by atoms with van der Waals surface area (Å²) >= 11 is 0. The maximum absolute atomic E-state index is 13.7. The predicted octanol–water partition coefficient (Wildman–Crippen LogP) is 1.64. The number of hydrogen-bond donors (Lipinski definition) is 1. The number of nitrogens with zero attached hydrogens (tertiary/aromatic N) is 4. The molecule has 1 atom stereocenters. The quantitative estimate of drug-likeness (QED) is 0.902. The molecule has 0 unspecified atom stereocenters. The van der Waals surface area contributed by atoms with Crippen LogP contribution in [0.2, 0.25) is 0 Å². The fourth-order valence-electron chi connectivity index (χ4n) is 2.37. The second-order valence-electron chi connectivity index (χ2n) is 4.84. The van der Waals surface area contributed by atoms with Gasteiger partial charge in [0.25, 0.3) is 0 Å². The van der Waals surface area contributed by atoms with Gasteiger partial charge in [-0.2, -0.15) is 0 Å². The third kappa shape index (κ3) is 2.60. The van der Waals surface area contributed by atoms with Crippen LogP contribution in [-0.4, -0.2) is 39.3 Å². The first-order valence-electron chi connectivity index (χ1n) is 6.60. The predicted molar refractivity (Wildman–Crippen MR) is 72.7 cm³/mol. The fourth-order valence-corrected chi connectivity index (χ4v) is 2.37. The molecule has 1 aliphatic heterocycles. The number of pyridine rings is 1. The van der Waals surface area contributed by atoms with Crippen LogP contribution < -0.4 is 4.90 Å². The van der Waals surface area contributed by atoms with Gasteiger partial charge in [0.2, 0.25) is 0 Å². The maximum Gasteiger partial charge on any atom is 0.164 e. The second kappa shape index (κ2) is 5.50. The van der Waals surface area contributed by atoms with Crippen molar-refractivity contribution >= 4 is 5.82 Å². The van der Waals surface area contributed by atoms with Crippen LogP contribution in [0.4, 0.5) is 10.2 Å². The number of halogens is 1. The molecule has 1 aliphatic rings. The van der Waals surface area contributed by atoms with Gasteiger partial charge in [0.05, 0.1) is 17.9 Å². The molecule has 0 bridgehead atoms. The molecule has 0 saturated carbocycles. The van der Waals surface area contributed by atoms with Crippen molar-refractivity contribution in [2.24, 2.45) is 0 Å². The lowest BCUT2D eigenvalue weighted by Crippen LogP contribution is -2.38. The number of aliphatic hydroxyl groups is 1. The summed E-state index contributed by atoms with van der Waals surface area (Å²) in [6.45, 7) is 1.39. The highest BCUT2D eigenvalue weighted by molar-refractivity contribution is 5.57. The van der Waals surface area contributed by atoms with Crippen molar-refractivity contribution in [2.75, 3.05) is 18.0 Å². The van der Waals surface area contributed by atoms with E-state index in [1.165, 1.54) is 6.20 Å². The first kappa shape index (κ1) is 12.9. The Morgan fingerprint density at radius 2 is 2.20 bits per heavy atom. The molecular formula is C14H15FN4O. The Bertz CT molecular complexity index is 607.